The van der Waals surface area contributed by atoms with Gasteiger partial charge < -0.3 is 15.0 Å². The van der Waals surface area contributed by atoms with E-state index in [4.69, 9.17) is 4.74 Å². The molecule has 1 N–H and O–H groups in total. The lowest BCUT2D eigenvalue weighted by molar-refractivity contribution is -0.160. The highest BCUT2D eigenvalue weighted by molar-refractivity contribution is 5.99. The highest BCUT2D eigenvalue weighted by Crippen LogP contribution is 2.28. The first-order chi connectivity index (χ1) is 9.34. The van der Waals surface area contributed by atoms with Crippen molar-refractivity contribution >= 4 is 11.8 Å². The second kappa shape index (κ2) is 6.57. The number of nitrogens with one attached hydrogen (secondary N) is 1. The van der Waals surface area contributed by atoms with Crippen molar-refractivity contribution in [1.82, 2.24) is 10.2 Å². The number of hydrogen-bond donors (Lipinski definition) is 1. The van der Waals surface area contributed by atoms with E-state index in [-0.39, 0.29) is 23.8 Å². The maximum absolute atomic E-state index is 12.9. The number of nitrogens with zero attached hydrogens (tertiary/aromatic N) is 1. The van der Waals surface area contributed by atoms with Gasteiger partial charge in [-0.25, -0.2) is 0 Å². The lowest BCUT2D eigenvalue weighted by Crippen LogP contribution is -2.72. The van der Waals surface area contributed by atoms with E-state index < -0.39 is 11.6 Å². The van der Waals surface area contributed by atoms with Crippen molar-refractivity contribution < 1.29 is 14.3 Å². The van der Waals surface area contributed by atoms with Crippen molar-refractivity contribution in [2.24, 2.45) is 5.92 Å². The van der Waals surface area contributed by atoms with Gasteiger partial charge in [-0.05, 0) is 25.7 Å². The summed E-state index contributed by atoms with van der Waals surface area (Å²) >= 11 is 0. The molecule has 0 spiro atoms. The zero-order valence-corrected chi connectivity index (χ0v) is 13.5. The SMILES string of the molecule is CCC1(CC)NC(=O)C(C)N(C(COC)C(C)C)C1=O. The number of hydrogen-bond acceptors (Lipinski definition) is 3. The standard InChI is InChI=1S/C15H28N2O3/c1-7-15(8-2)14(19)17(11(5)13(18)16-15)12(9-20-6)10(3)4/h10-12H,7-9H2,1-6H3,(H,16,18). The molecule has 1 saturated heterocycles. The zero-order valence-electron chi connectivity index (χ0n) is 13.5. The maximum Gasteiger partial charge on any atom is 0.249 e. The number of piperazine rings is 1. The van der Waals surface area contributed by atoms with E-state index in [1.54, 1.807) is 18.9 Å². The molecule has 1 aliphatic rings. The normalized spacial score (nSPS) is 23.9. The summed E-state index contributed by atoms with van der Waals surface area (Å²) in [4.78, 5) is 26.9. The van der Waals surface area contributed by atoms with Crippen molar-refractivity contribution in [3.05, 3.63) is 0 Å². The van der Waals surface area contributed by atoms with Crippen LogP contribution >= 0.6 is 0 Å². The molecule has 1 heterocycles. The Hall–Kier alpha value is -1.10. The topological polar surface area (TPSA) is 58.6 Å². The smallest absolute Gasteiger partial charge is 0.249 e. The second-order valence-corrected chi connectivity index (χ2v) is 5.93. The number of carbonyl (C=O) groups is 2. The van der Waals surface area contributed by atoms with Gasteiger partial charge in [-0.3, -0.25) is 9.59 Å². The Morgan fingerprint density at radius 1 is 1.30 bits per heavy atom. The van der Waals surface area contributed by atoms with Crippen molar-refractivity contribution in [1.29, 1.82) is 0 Å². The Balaban J connectivity index is 3.18. The minimum absolute atomic E-state index is 0.0188. The minimum atomic E-state index is -0.759. The van der Waals surface area contributed by atoms with Gasteiger partial charge in [0.15, 0.2) is 0 Å². The third kappa shape index (κ3) is 2.82. The summed E-state index contributed by atoms with van der Waals surface area (Å²) in [5, 5.41) is 2.92. The Labute approximate surface area is 122 Å². The summed E-state index contributed by atoms with van der Waals surface area (Å²) in [5.41, 5.74) is -0.759. The maximum atomic E-state index is 12.9. The number of carbonyl (C=O) groups excluding carboxylic acids is 2. The van der Waals surface area contributed by atoms with Gasteiger partial charge in [0.25, 0.3) is 0 Å². The number of amides is 2. The molecule has 0 bridgehead atoms. The van der Waals surface area contributed by atoms with Crippen molar-refractivity contribution in [3.8, 4) is 0 Å². The molecule has 20 heavy (non-hydrogen) atoms. The molecule has 0 radical (unpaired) electrons. The highest BCUT2D eigenvalue weighted by Gasteiger charge is 2.49. The van der Waals surface area contributed by atoms with E-state index >= 15 is 0 Å². The number of rotatable bonds is 6. The number of ether oxygens (including phenoxy) is 1. The summed E-state index contributed by atoms with van der Waals surface area (Å²) in [6.07, 6.45) is 1.21. The van der Waals surface area contributed by atoms with Gasteiger partial charge in [0.1, 0.15) is 11.6 Å². The average molecular weight is 284 g/mol. The Morgan fingerprint density at radius 2 is 1.85 bits per heavy atom. The molecule has 0 aliphatic carbocycles. The van der Waals surface area contributed by atoms with Crippen molar-refractivity contribution in [2.45, 2.75) is 65.1 Å². The van der Waals surface area contributed by atoms with E-state index in [9.17, 15) is 9.59 Å². The first-order valence-corrected chi connectivity index (χ1v) is 7.48. The van der Waals surface area contributed by atoms with Gasteiger partial charge in [-0.15, -0.1) is 0 Å². The number of methoxy groups -OCH3 is 1. The average Bonchev–Trinajstić information content (AvgIpc) is 2.42. The van der Waals surface area contributed by atoms with Crippen LogP contribution in [0.15, 0.2) is 0 Å². The molecule has 5 nitrogen and oxygen atoms in total. The van der Waals surface area contributed by atoms with Crippen LogP contribution in [-0.4, -0.2) is 48.1 Å². The second-order valence-electron chi connectivity index (χ2n) is 5.93. The molecule has 2 amide bonds. The first-order valence-electron chi connectivity index (χ1n) is 7.48. The fourth-order valence-corrected chi connectivity index (χ4v) is 2.87. The third-order valence-corrected chi connectivity index (χ3v) is 4.47. The van der Waals surface area contributed by atoms with Crippen LogP contribution in [0.4, 0.5) is 0 Å². The quantitative estimate of drug-likeness (QED) is 0.805. The van der Waals surface area contributed by atoms with Gasteiger partial charge >= 0.3 is 0 Å². The predicted molar refractivity (Wildman–Crippen MR) is 78.3 cm³/mol. The molecule has 2 atom stereocenters. The van der Waals surface area contributed by atoms with Crippen LogP contribution in [0.1, 0.15) is 47.5 Å². The molecular weight excluding hydrogens is 256 g/mol. The molecule has 0 aromatic rings. The van der Waals surface area contributed by atoms with Crippen molar-refractivity contribution in [3.63, 3.8) is 0 Å². The highest BCUT2D eigenvalue weighted by atomic mass is 16.5. The van der Waals surface area contributed by atoms with E-state index in [0.29, 0.717) is 19.4 Å². The molecular formula is C15H28N2O3. The van der Waals surface area contributed by atoms with Crippen LogP contribution in [-0.2, 0) is 14.3 Å². The molecule has 1 fully saturated rings. The lowest BCUT2D eigenvalue weighted by atomic mass is 9.85. The monoisotopic (exact) mass is 284 g/mol. The van der Waals surface area contributed by atoms with Gasteiger partial charge in [0.05, 0.1) is 12.6 Å². The molecule has 0 aromatic carbocycles. The summed E-state index contributed by atoms with van der Waals surface area (Å²) in [7, 11) is 1.63. The largest absolute Gasteiger partial charge is 0.383 e. The molecule has 1 rings (SSSR count). The van der Waals surface area contributed by atoms with Gasteiger partial charge in [-0.1, -0.05) is 27.7 Å². The Kier molecular flexibility index (Phi) is 5.57. The van der Waals surface area contributed by atoms with Crippen LogP contribution in [0.2, 0.25) is 0 Å². The summed E-state index contributed by atoms with van der Waals surface area (Å²) in [6.45, 7) is 10.2. The van der Waals surface area contributed by atoms with E-state index in [1.807, 2.05) is 13.8 Å². The summed E-state index contributed by atoms with van der Waals surface area (Å²) < 4.78 is 5.26. The van der Waals surface area contributed by atoms with Crippen LogP contribution in [0, 0.1) is 5.92 Å². The fraction of sp³-hybridized carbons (Fsp3) is 0.867. The van der Waals surface area contributed by atoms with E-state index in [2.05, 4.69) is 19.2 Å². The van der Waals surface area contributed by atoms with Crippen molar-refractivity contribution in [2.75, 3.05) is 13.7 Å². The van der Waals surface area contributed by atoms with Crippen LogP contribution in [0.25, 0.3) is 0 Å². The molecule has 2 unspecified atom stereocenters. The summed E-state index contributed by atoms with van der Waals surface area (Å²) in [6, 6.07) is -0.526. The fourth-order valence-electron chi connectivity index (χ4n) is 2.87. The Morgan fingerprint density at radius 3 is 2.25 bits per heavy atom. The molecule has 116 valence electrons. The lowest BCUT2D eigenvalue weighted by Gasteiger charge is -2.48. The van der Waals surface area contributed by atoms with Gasteiger partial charge in [-0.2, -0.15) is 0 Å². The zero-order chi connectivity index (χ0) is 15.5. The molecule has 0 saturated carbocycles. The van der Waals surface area contributed by atoms with E-state index in [0.717, 1.165) is 0 Å². The summed E-state index contributed by atoms with van der Waals surface area (Å²) in [5.74, 6) is 0.180. The van der Waals surface area contributed by atoms with Crippen LogP contribution < -0.4 is 5.32 Å². The third-order valence-electron chi connectivity index (χ3n) is 4.47. The van der Waals surface area contributed by atoms with Crippen LogP contribution in [0.3, 0.4) is 0 Å². The molecule has 5 heteroatoms. The minimum Gasteiger partial charge on any atom is -0.383 e. The van der Waals surface area contributed by atoms with E-state index in [1.165, 1.54) is 0 Å². The van der Waals surface area contributed by atoms with Crippen LogP contribution in [0.5, 0.6) is 0 Å². The molecule has 1 aliphatic heterocycles. The molecule has 0 aromatic heterocycles. The Bertz CT molecular complexity index is 364. The predicted octanol–water partition coefficient (Wildman–Crippen LogP) is 1.56. The van der Waals surface area contributed by atoms with Gasteiger partial charge in [0, 0.05) is 7.11 Å². The van der Waals surface area contributed by atoms with Gasteiger partial charge in [0.2, 0.25) is 11.8 Å². The first kappa shape index (κ1) is 17.0.